The van der Waals surface area contributed by atoms with E-state index in [1.54, 1.807) is 6.07 Å². The van der Waals surface area contributed by atoms with Crippen LogP contribution in [0.1, 0.15) is 20.8 Å². The number of hydrogen-bond acceptors (Lipinski definition) is 4. The number of nitriles is 1. The summed E-state index contributed by atoms with van der Waals surface area (Å²) in [4.78, 5) is 12.1. The zero-order valence-corrected chi connectivity index (χ0v) is 12.4. The number of hydrogen-bond donors (Lipinski definition) is 1. The fourth-order valence-electron chi connectivity index (χ4n) is 2.08. The Morgan fingerprint density at radius 3 is 3.05 bits per heavy atom. The number of carboxylic acid groups (broad SMARTS) is 1. The van der Waals surface area contributed by atoms with Crippen molar-refractivity contribution < 1.29 is 9.90 Å². The molecule has 0 aliphatic heterocycles. The van der Waals surface area contributed by atoms with Crippen LogP contribution in [0.25, 0.3) is 5.52 Å². The normalized spacial score (nSPS) is 10.6. The molecule has 0 unspecified atom stereocenters. The van der Waals surface area contributed by atoms with Crippen molar-refractivity contribution in [1.29, 1.82) is 5.26 Å². The van der Waals surface area contributed by atoms with Crippen LogP contribution < -0.4 is 0 Å². The first-order valence-corrected chi connectivity index (χ1v) is 7.99. The van der Waals surface area contributed by atoms with Crippen molar-refractivity contribution in [2.45, 2.75) is 10.6 Å². The highest BCUT2D eigenvalue weighted by Gasteiger charge is 2.12. The molecule has 0 spiro atoms. The third kappa shape index (κ3) is 2.66. The number of fused-ring (bicyclic) bond motifs is 1. The van der Waals surface area contributed by atoms with Crippen LogP contribution in [0.3, 0.4) is 0 Å². The second-order valence-electron chi connectivity index (χ2n) is 4.37. The quantitative estimate of drug-likeness (QED) is 0.743. The molecule has 0 saturated carbocycles. The Labute approximate surface area is 129 Å². The molecule has 0 saturated heterocycles. The van der Waals surface area contributed by atoms with Gasteiger partial charge in [-0.05, 0) is 23.8 Å². The maximum Gasteiger partial charge on any atom is 0.345 e. The van der Waals surface area contributed by atoms with Gasteiger partial charge in [-0.15, -0.1) is 23.1 Å². The second kappa shape index (κ2) is 5.64. The van der Waals surface area contributed by atoms with Crippen molar-refractivity contribution in [1.82, 2.24) is 4.40 Å². The number of carbonyl (C=O) groups is 1. The fourth-order valence-corrected chi connectivity index (χ4v) is 3.92. The topological polar surface area (TPSA) is 65.5 Å². The summed E-state index contributed by atoms with van der Waals surface area (Å²) in [6.45, 7) is 0. The highest BCUT2D eigenvalue weighted by atomic mass is 32.2. The molecule has 0 fully saturated rings. The fraction of sp³-hybridized carbons (Fsp3) is 0.0667. The standard InChI is InChI=1S/C15H10N2O2S2/c16-6-12-10(7-17-4-2-1-3-13(12)17)8-20-11-5-14(15(18)19)21-9-11/h1-5,7,9H,8H2,(H,18,19). The van der Waals surface area contributed by atoms with Crippen molar-refractivity contribution >= 4 is 34.6 Å². The molecule has 1 N–H and O–H groups in total. The van der Waals surface area contributed by atoms with Crippen molar-refractivity contribution in [3.63, 3.8) is 0 Å². The Balaban J connectivity index is 1.84. The third-order valence-corrected chi connectivity index (χ3v) is 5.15. The summed E-state index contributed by atoms with van der Waals surface area (Å²) in [7, 11) is 0. The highest BCUT2D eigenvalue weighted by Crippen LogP contribution is 2.30. The van der Waals surface area contributed by atoms with Gasteiger partial charge in [-0.2, -0.15) is 5.26 Å². The Morgan fingerprint density at radius 2 is 2.33 bits per heavy atom. The number of aromatic nitrogens is 1. The van der Waals surface area contributed by atoms with Gasteiger partial charge in [0.2, 0.25) is 0 Å². The van der Waals surface area contributed by atoms with E-state index in [9.17, 15) is 10.1 Å². The van der Waals surface area contributed by atoms with E-state index in [1.165, 1.54) is 23.1 Å². The zero-order valence-electron chi connectivity index (χ0n) is 10.8. The van der Waals surface area contributed by atoms with Crippen LogP contribution >= 0.6 is 23.1 Å². The van der Waals surface area contributed by atoms with E-state index in [2.05, 4.69) is 6.07 Å². The largest absolute Gasteiger partial charge is 0.477 e. The summed E-state index contributed by atoms with van der Waals surface area (Å²) in [5.41, 5.74) is 2.53. The van der Waals surface area contributed by atoms with Crippen LogP contribution in [0.4, 0.5) is 0 Å². The predicted molar refractivity (Wildman–Crippen MR) is 83.0 cm³/mol. The molecule has 4 nitrogen and oxygen atoms in total. The van der Waals surface area contributed by atoms with Crippen LogP contribution in [0.15, 0.2) is 46.9 Å². The lowest BCUT2D eigenvalue weighted by Gasteiger charge is -1.96. The SMILES string of the molecule is N#Cc1c(CSc2csc(C(=O)O)c2)cn2ccccc12. The molecule has 0 amide bonds. The minimum atomic E-state index is -0.904. The van der Waals surface area contributed by atoms with Gasteiger partial charge >= 0.3 is 5.97 Å². The first-order chi connectivity index (χ1) is 10.2. The monoisotopic (exact) mass is 314 g/mol. The summed E-state index contributed by atoms with van der Waals surface area (Å²) >= 11 is 2.76. The van der Waals surface area contributed by atoms with Gasteiger partial charge in [0.25, 0.3) is 0 Å². The van der Waals surface area contributed by atoms with E-state index in [0.29, 0.717) is 16.2 Å². The smallest absolute Gasteiger partial charge is 0.345 e. The van der Waals surface area contributed by atoms with Crippen molar-refractivity contribution in [3.8, 4) is 6.07 Å². The first kappa shape index (κ1) is 13.7. The van der Waals surface area contributed by atoms with E-state index < -0.39 is 5.97 Å². The molecule has 21 heavy (non-hydrogen) atoms. The Kier molecular flexibility index (Phi) is 3.69. The van der Waals surface area contributed by atoms with Crippen molar-refractivity contribution in [2.24, 2.45) is 0 Å². The van der Waals surface area contributed by atoms with Gasteiger partial charge in [0.05, 0.1) is 11.1 Å². The van der Waals surface area contributed by atoms with Gasteiger partial charge in [-0.25, -0.2) is 4.79 Å². The lowest BCUT2D eigenvalue weighted by atomic mass is 10.2. The molecule has 0 aromatic carbocycles. The molecule has 3 aromatic rings. The van der Waals surface area contributed by atoms with E-state index in [0.717, 1.165) is 16.0 Å². The average molecular weight is 314 g/mol. The van der Waals surface area contributed by atoms with Gasteiger partial charge in [0, 0.05) is 28.4 Å². The Bertz CT molecular complexity index is 858. The number of thioether (sulfide) groups is 1. The van der Waals surface area contributed by atoms with Gasteiger partial charge in [0.1, 0.15) is 10.9 Å². The number of carboxylic acids is 1. The van der Waals surface area contributed by atoms with Crippen molar-refractivity contribution in [2.75, 3.05) is 0 Å². The van der Waals surface area contributed by atoms with Gasteiger partial charge in [0.15, 0.2) is 0 Å². The molecule has 6 heteroatoms. The Morgan fingerprint density at radius 1 is 1.48 bits per heavy atom. The minimum Gasteiger partial charge on any atom is -0.477 e. The third-order valence-electron chi connectivity index (χ3n) is 3.05. The molecule has 3 aromatic heterocycles. The average Bonchev–Trinajstić information content (AvgIpc) is 3.09. The summed E-state index contributed by atoms with van der Waals surface area (Å²) in [5.74, 6) is -0.264. The highest BCUT2D eigenvalue weighted by molar-refractivity contribution is 7.98. The van der Waals surface area contributed by atoms with Gasteiger partial charge < -0.3 is 9.51 Å². The molecule has 0 radical (unpaired) electrons. The van der Waals surface area contributed by atoms with E-state index in [-0.39, 0.29) is 0 Å². The lowest BCUT2D eigenvalue weighted by Crippen LogP contribution is -1.89. The molecule has 0 bridgehead atoms. The van der Waals surface area contributed by atoms with E-state index >= 15 is 0 Å². The molecule has 0 aliphatic carbocycles. The molecular formula is C15H10N2O2S2. The molecule has 3 heterocycles. The zero-order chi connectivity index (χ0) is 14.8. The summed E-state index contributed by atoms with van der Waals surface area (Å²) in [6.07, 6.45) is 3.86. The molecule has 0 atom stereocenters. The van der Waals surface area contributed by atoms with Gasteiger partial charge in [-0.3, -0.25) is 0 Å². The lowest BCUT2D eigenvalue weighted by molar-refractivity contribution is 0.0702. The summed E-state index contributed by atoms with van der Waals surface area (Å²) < 4.78 is 1.94. The number of nitrogens with zero attached hydrogens (tertiary/aromatic N) is 2. The maximum absolute atomic E-state index is 10.9. The second-order valence-corrected chi connectivity index (χ2v) is 6.33. The minimum absolute atomic E-state index is 0.333. The van der Waals surface area contributed by atoms with Crippen LogP contribution in [0.2, 0.25) is 0 Å². The number of rotatable bonds is 4. The maximum atomic E-state index is 10.9. The first-order valence-electron chi connectivity index (χ1n) is 6.12. The Hall–Kier alpha value is -2.23. The molecule has 0 aliphatic rings. The molecule has 3 rings (SSSR count). The predicted octanol–water partition coefficient (Wildman–Crippen LogP) is 3.86. The molecular weight excluding hydrogens is 304 g/mol. The summed E-state index contributed by atoms with van der Waals surface area (Å²) in [5, 5.41) is 20.1. The van der Waals surface area contributed by atoms with Gasteiger partial charge in [-0.1, -0.05) is 6.07 Å². The number of aromatic carboxylic acids is 1. The van der Waals surface area contributed by atoms with E-state index in [1.807, 2.05) is 40.4 Å². The number of thiophene rings is 1. The van der Waals surface area contributed by atoms with Crippen LogP contribution in [0.5, 0.6) is 0 Å². The molecule has 104 valence electrons. The van der Waals surface area contributed by atoms with Crippen molar-refractivity contribution in [3.05, 3.63) is 58.0 Å². The number of pyridine rings is 1. The van der Waals surface area contributed by atoms with Crippen LogP contribution in [-0.4, -0.2) is 15.5 Å². The summed E-state index contributed by atoms with van der Waals surface area (Å²) in [6, 6.07) is 9.66. The van der Waals surface area contributed by atoms with Crippen LogP contribution in [-0.2, 0) is 5.75 Å². The van der Waals surface area contributed by atoms with Crippen LogP contribution in [0, 0.1) is 11.3 Å². The van der Waals surface area contributed by atoms with E-state index in [4.69, 9.17) is 5.11 Å².